The summed E-state index contributed by atoms with van der Waals surface area (Å²) in [6.45, 7) is 4.78. The summed E-state index contributed by atoms with van der Waals surface area (Å²) in [5, 5.41) is 2.31. The first-order chi connectivity index (χ1) is 32.0. The van der Waals surface area contributed by atoms with E-state index in [-0.39, 0.29) is 11.3 Å². The van der Waals surface area contributed by atoms with E-state index in [1.54, 1.807) is 0 Å². The lowest BCUT2D eigenvalue weighted by Gasteiger charge is -2.25. The van der Waals surface area contributed by atoms with E-state index in [0.29, 0.717) is 0 Å². The maximum absolute atomic E-state index is 6.31. The van der Waals surface area contributed by atoms with Crippen LogP contribution in [-0.4, -0.2) is 0 Å². The van der Waals surface area contributed by atoms with Crippen molar-refractivity contribution in [3.8, 4) is 66.8 Å². The van der Waals surface area contributed by atoms with Crippen LogP contribution in [0.3, 0.4) is 0 Å². The van der Waals surface area contributed by atoms with E-state index >= 15 is 0 Å². The molecule has 1 aliphatic carbocycles. The van der Waals surface area contributed by atoms with Crippen LogP contribution in [0.25, 0.3) is 88.7 Å². The largest absolute Gasteiger partial charge is 0.456 e. The average molecular weight is 831 g/mol. The summed E-state index contributed by atoms with van der Waals surface area (Å²) in [7, 11) is 0. The third-order valence-corrected chi connectivity index (χ3v) is 13.9. The first kappa shape index (κ1) is 38.7. The molecule has 0 saturated heterocycles. The number of hydrogen-bond acceptors (Lipinski definition) is 1. The minimum Gasteiger partial charge on any atom is -0.456 e. The first-order valence-electron chi connectivity index (χ1n) is 22.7. The molecule has 0 unspecified atom stereocenters. The summed E-state index contributed by atoms with van der Waals surface area (Å²) in [4.78, 5) is 0. The molecule has 1 aromatic heterocycles. The van der Waals surface area contributed by atoms with Crippen molar-refractivity contribution in [3.63, 3.8) is 0 Å². The molecule has 0 atom stereocenters. The lowest BCUT2D eigenvalue weighted by atomic mass is 9.78. The lowest BCUT2D eigenvalue weighted by molar-refractivity contribution is 0.659. The quantitative estimate of drug-likeness (QED) is 0.139. The summed E-state index contributed by atoms with van der Waals surface area (Å²) in [5.74, 6) is 0.0164. The van der Waals surface area contributed by atoms with Gasteiger partial charge in [-0.05, 0) is 119 Å². The Kier molecular flexibility index (Phi) is 9.31. The molecular formula is C64H46O. The second-order valence-corrected chi connectivity index (χ2v) is 18.0. The van der Waals surface area contributed by atoms with Crippen LogP contribution in [0, 0.1) is 0 Å². The Morgan fingerprint density at radius 1 is 0.292 bits per heavy atom. The first-order valence-corrected chi connectivity index (χ1v) is 22.7. The summed E-state index contributed by atoms with van der Waals surface area (Å²) in [6, 6.07) is 86.7. The molecule has 0 spiro atoms. The molecule has 0 fully saturated rings. The third-order valence-electron chi connectivity index (χ3n) is 13.9. The van der Waals surface area contributed by atoms with Crippen LogP contribution in [0.15, 0.2) is 241 Å². The molecule has 0 N–H and O–H groups in total. The highest BCUT2D eigenvalue weighted by Gasteiger charge is 2.36. The molecule has 65 heavy (non-hydrogen) atoms. The predicted molar refractivity (Wildman–Crippen MR) is 272 cm³/mol. The zero-order chi connectivity index (χ0) is 43.5. The molecule has 0 amide bonds. The Bertz CT molecular complexity index is 3410. The van der Waals surface area contributed by atoms with E-state index < -0.39 is 0 Å². The smallest absolute Gasteiger partial charge is 0.136 e. The van der Waals surface area contributed by atoms with Crippen molar-refractivity contribution in [1.82, 2.24) is 0 Å². The maximum Gasteiger partial charge on any atom is 0.136 e. The molecule has 0 radical (unpaired) electrons. The molecule has 10 aromatic carbocycles. The van der Waals surface area contributed by atoms with E-state index in [4.69, 9.17) is 4.42 Å². The van der Waals surface area contributed by atoms with Crippen molar-refractivity contribution >= 4 is 21.9 Å². The van der Waals surface area contributed by atoms with Crippen LogP contribution < -0.4 is 0 Å². The molecule has 1 heteroatoms. The van der Waals surface area contributed by atoms with Crippen LogP contribution >= 0.6 is 0 Å². The molecule has 308 valence electrons. The van der Waals surface area contributed by atoms with Gasteiger partial charge in [-0.15, -0.1) is 0 Å². The van der Waals surface area contributed by atoms with Crippen LogP contribution in [0.1, 0.15) is 47.6 Å². The van der Waals surface area contributed by atoms with Crippen LogP contribution in [-0.2, 0) is 5.41 Å². The number of hydrogen-bond donors (Lipinski definition) is 0. The van der Waals surface area contributed by atoms with Gasteiger partial charge in [0, 0.05) is 22.1 Å². The Hall–Kier alpha value is -8.00. The van der Waals surface area contributed by atoms with Gasteiger partial charge in [0.2, 0.25) is 0 Å². The zero-order valence-corrected chi connectivity index (χ0v) is 36.5. The average Bonchev–Trinajstić information content (AvgIpc) is 3.85. The zero-order valence-electron chi connectivity index (χ0n) is 36.5. The molecule has 0 saturated carbocycles. The number of rotatable bonds is 8. The topological polar surface area (TPSA) is 13.1 Å². The Balaban J connectivity index is 0.939. The van der Waals surface area contributed by atoms with E-state index in [1.807, 2.05) is 12.1 Å². The Morgan fingerprint density at radius 2 is 0.692 bits per heavy atom. The van der Waals surface area contributed by atoms with Gasteiger partial charge >= 0.3 is 0 Å². The normalized spacial score (nSPS) is 12.7. The molecular weight excluding hydrogens is 785 g/mol. The van der Waals surface area contributed by atoms with E-state index in [2.05, 4.69) is 238 Å². The van der Waals surface area contributed by atoms with Crippen LogP contribution in [0.4, 0.5) is 0 Å². The highest BCUT2D eigenvalue weighted by Crippen LogP contribution is 2.51. The summed E-state index contributed by atoms with van der Waals surface area (Å²) < 4.78 is 6.31. The van der Waals surface area contributed by atoms with E-state index in [9.17, 15) is 0 Å². The second kappa shape index (κ2) is 15.7. The fourth-order valence-corrected chi connectivity index (χ4v) is 10.5. The monoisotopic (exact) mass is 830 g/mol. The molecule has 1 nitrogen and oxygen atoms in total. The van der Waals surface area contributed by atoms with Gasteiger partial charge in [0.1, 0.15) is 11.2 Å². The lowest BCUT2D eigenvalue weighted by Crippen LogP contribution is -2.16. The molecule has 11 aromatic rings. The molecule has 1 heterocycles. The standard InChI is InChI=1S/C64H46O/c1-64(2)59-39-48(49-34-38-58-57-23-13-14-24-61(57)65-62(58)41-49)33-36-55(59)56-37-35-50(40-60(56)64)63(46-29-25-44(26-30-46)53-21-11-9-19-51(53)42-15-5-3-6-16-42)47-31-27-45(28-32-47)54-22-12-10-20-52(54)43-17-7-4-8-18-43/h3-41,63H,1-2H3. The fraction of sp³-hybridized carbons (Fsp3) is 0.0625. The van der Waals surface area contributed by atoms with Gasteiger partial charge in [-0.3, -0.25) is 0 Å². The number of para-hydroxylation sites is 1. The van der Waals surface area contributed by atoms with Gasteiger partial charge in [0.05, 0.1) is 0 Å². The Labute approximate surface area is 380 Å². The third kappa shape index (κ3) is 6.71. The van der Waals surface area contributed by atoms with Crippen molar-refractivity contribution in [2.75, 3.05) is 0 Å². The summed E-state index contributed by atoms with van der Waals surface area (Å²) >= 11 is 0. The highest BCUT2D eigenvalue weighted by molar-refractivity contribution is 6.06. The highest BCUT2D eigenvalue weighted by atomic mass is 16.3. The Morgan fingerprint density at radius 3 is 1.26 bits per heavy atom. The van der Waals surface area contributed by atoms with Crippen molar-refractivity contribution in [2.45, 2.75) is 25.2 Å². The van der Waals surface area contributed by atoms with E-state index in [1.165, 1.54) is 89.0 Å². The predicted octanol–water partition coefficient (Wildman–Crippen LogP) is 17.4. The van der Waals surface area contributed by atoms with Gasteiger partial charge in [0.25, 0.3) is 0 Å². The van der Waals surface area contributed by atoms with Crippen LogP contribution in [0.2, 0.25) is 0 Å². The van der Waals surface area contributed by atoms with Crippen molar-refractivity contribution in [3.05, 3.63) is 264 Å². The van der Waals surface area contributed by atoms with Gasteiger partial charge in [0.15, 0.2) is 0 Å². The van der Waals surface area contributed by atoms with Gasteiger partial charge in [-0.25, -0.2) is 0 Å². The van der Waals surface area contributed by atoms with Gasteiger partial charge < -0.3 is 4.42 Å². The molecule has 12 rings (SSSR count). The summed E-state index contributed by atoms with van der Waals surface area (Å²) in [5.41, 5.74) is 23.0. The molecule has 0 bridgehead atoms. The minimum absolute atomic E-state index is 0.0164. The number of benzene rings is 10. The maximum atomic E-state index is 6.31. The van der Waals surface area contributed by atoms with E-state index in [0.717, 1.165) is 27.5 Å². The molecule has 1 aliphatic rings. The minimum atomic E-state index is -0.208. The van der Waals surface area contributed by atoms with Crippen LogP contribution in [0.5, 0.6) is 0 Å². The van der Waals surface area contributed by atoms with Crippen molar-refractivity contribution in [2.24, 2.45) is 0 Å². The number of furan rings is 1. The van der Waals surface area contributed by atoms with Crippen molar-refractivity contribution < 1.29 is 4.42 Å². The van der Waals surface area contributed by atoms with Gasteiger partial charge in [-0.1, -0.05) is 226 Å². The fourth-order valence-electron chi connectivity index (χ4n) is 10.5. The second-order valence-electron chi connectivity index (χ2n) is 18.0. The van der Waals surface area contributed by atoms with Gasteiger partial charge in [-0.2, -0.15) is 0 Å². The SMILES string of the molecule is CC1(C)c2cc(-c3ccc4c(c3)oc3ccccc34)ccc2-c2ccc(C(c3ccc(-c4ccccc4-c4ccccc4)cc3)c3ccc(-c4ccccc4-c4ccccc4)cc3)cc21. The molecule has 0 aliphatic heterocycles. The van der Waals surface area contributed by atoms with Crippen molar-refractivity contribution in [1.29, 1.82) is 0 Å². The summed E-state index contributed by atoms with van der Waals surface area (Å²) in [6.07, 6.45) is 0. The number of fused-ring (bicyclic) bond motifs is 6.